The van der Waals surface area contributed by atoms with Gasteiger partial charge in [0.15, 0.2) is 5.96 Å². The van der Waals surface area contributed by atoms with Crippen molar-refractivity contribution in [2.75, 3.05) is 20.1 Å². The first-order chi connectivity index (χ1) is 11.3. The lowest BCUT2D eigenvalue weighted by atomic mass is 9.97. The molecule has 0 saturated heterocycles. The maximum Gasteiger partial charge on any atom is 0.221 e. The molecule has 0 unspecified atom stereocenters. The van der Waals surface area contributed by atoms with Gasteiger partial charge in [0.2, 0.25) is 5.91 Å². The van der Waals surface area contributed by atoms with Gasteiger partial charge in [-0.2, -0.15) is 0 Å². The van der Waals surface area contributed by atoms with Gasteiger partial charge in [-0.1, -0.05) is 24.5 Å². The van der Waals surface area contributed by atoms with Crippen LogP contribution in [0.3, 0.4) is 0 Å². The van der Waals surface area contributed by atoms with Crippen molar-refractivity contribution >= 4 is 11.9 Å². The summed E-state index contributed by atoms with van der Waals surface area (Å²) in [5, 5.41) is 9.66. The molecule has 0 aliphatic heterocycles. The number of carbonyl (C=O) groups is 1. The molecule has 0 radical (unpaired) electrons. The fourth-order valence-electron chi connectivity index (χ4n) is 3.36. The van der Waals surface area contributed by atoms with Gasteiger partial charge in [-0.05, 0) is 44.9 Å². The van der Waals surface area contributed by atoms with E-state index in [1.54, 1.807) is 12.6 Å². The first-order valence-corrected chi connectivity index (χ1v) is 9.19. The highest BCUT2D eigenvalue weighted by atomic mass is 16.1. The second-order valence-corrected chi connectivity index (χ2v) is 6.58. The highest BCUT2D eigenvalue weighted by Gasteiger charge is 2.16. The van der Waals surface area contributed by atoms with E-state index in [-0.39, 0.29) is 5.91 Å². The molecule has 5 nitrogen and oxygen atoms in total. The monoisotopic (exact) mass is 320 g/mol. The summed E-state index contributed by atoms with van der Waals surface area (Å²) in [6.07, 6.45) is 13.9. The van der Waals surface area contributed by atoms with Crippen LogP contribution in [0.5, 0.6) is 0 Å². The van der Waals surface area contributed by atoms with Crippen molar-refractivity contribution in [3.63, 3.8) is 0 Å². The predicted molar refractivity (Wildman–Crippen MR) is 95.5 cm³/mol. The van der Waals surface area contributed by atoms with Gasteiger partial charge >= 0.3 is 0 Å². The number of rotatable bonds is 7. The van der Waals surface area contributed by atoms with E-state index in [4.69, 9.17) is 0 Å². The van der Waals surface area contributed by atoms with E-state index in [9.17, 15) is 4.79 Å². The number of amides is 1. The van der Waals surface area contributed by atoms with Crippen molar-refractivity contribution in [2.24, 2.45) is 4.99 Å². The lowest BCUT2D eigenvalue weighted by Gasteiger charge is -2.15. The van der Waals surface area contributed by atoms with Gasteiger partial charge < -0.3 is 16.0 Å². The van der Waals surface area contributed by atoms with Crippen LogP contribution in [0.4, 0.5) is 0 Å². The molecule has 0 atom stereocenters. The Morgan fingerprint density at radius 3 is 2.65 bits per heavy atom. The minimum Gasteiger partial charge on any atom is -0.356 e. The minimum atomic E-state index is 0.146. The summed E-state index contributed by atoms with van der Waals surface area (Å²) in [5.74, 6) is 0.933. The minimum absolute atomic E-state index is 0.146. The molecular weight excluding hydrogens is 288 g/mol. The SMILES string of the molecule is CN=C(NCCC(=O)NC1CCCC1)NCCC1=CCCCC1. The number of nitrogens with one attached hydrogen (secondary N) is 3. The van der Waals surface area contributed by atoms with E-state index in [0.717, 1.165) is 31.8 Å². The van der Waals surface area contributed by atoms with Gasteiger partial charge in [0, 0.05) is 32.6 Å². The highest BCUT2D eigenvalue weighted by molar-refractivity contribution is 5.81. The molecule has 0 spiro atoms. The third kappa shape index (κ3) is 7.06. The standard InChI is InChI=1S/C18H32N4O/c1-19-18(20-13-11-15-7-3-2-4-8-15)21-14-12-17(23)22-16-9-5-6-10-16/h7,16H,2-6,8-14H2,1H3,(H,22,23)(H2,19,20,21). The average molecular weight is 320 g/mol. The van der Waals surface area contributed by atoms with E-state index in [1.165, 1.54) is 38.5 Å². The van der Waals surface area contributed by atoms with Crippen LogP contribution in [-0.2, 0) is 4.79 Å². The first-order valence-electron chi connectivity index (χ1n) is 9.19. The zero-order valence-corrected chi connectivity index (χ0v) is 14.5. The molecule has 0 aromatic carbocycles. The third-order valence-corrected chi connectivity index (χ3v) is 4.71. The van der Waals surface area contributed by atoms with Crippen LogP contribution >= 0.6 is 0 Å². The number of aliphatic imine (C=N–C) groups is 1. The van der Waals surface area contributed by atoms with Gasteiger partial charge in [0.25, 0.3) is 0 Å². The van der Waals surface area contributed by atoms with Crippen LogP contribution in [0.2, 0.25) is 0 Å². The van der Waals surface area contributed by atoms with Gasteiger partial charge in [-0.3, -0.25) is 9.79 Å². The number of guanidine groups is 1. The van der Waals surface area contributed by atoms with Crippen LogP contribution in [0.15, 0.2) is 16.6 Å². The zero-order chi connectivity index (χ0) is 16.3. The Bertz CT molecular complexity index is 425. The van der Waals surface area contributed by atoms with Crippen LogP contribution < -0.4 is 16.0 Å². The normalized spacial score (nSPS) is 19.3. The molecule has 2 aliphatic carbocycles. The number of carbonyl (C=O) groups excluding carboxylic acids is 1. The van der Waals surface area contributed by atoms with E-state index in [0.29, 0.717) is 19.0 Å². The summed E-state index contributed by atoms with van der Waals surface area (Å²) in [6.45, 7) is 1.53. The van der Waals surface area contributed by atoms with E-state index in [2.05, 4.69) is 27.0 Å². The first kappa shape index (κ1) is 17.8. The summed E-state index contributed by atoms with van der Waals surface area (Å²) < 4.78 is 0. The van der Waals surface area contributed by atoms with E-state index in [1.807, 2.05) is 0 Å². The molecule has 0 aromatic heterocycles. The summed E-state index contributed by atoms with van der Waals surface area (Å²) in [6, 6.07) is 0.406. The molecule has 0 heterocycles. The Hall–Kier alpha value is -1.52. The van der Waals surface area contributed by atoms with Crippen molar-refractivity contribution in [1.82, 2.24) is 16.0 Å². The van der Waals surface area contributed by atoms with Gasteiger partial charge in [-0.15, -0.1) is 0 Å². The Morgan fingerprint density at radius 2 is 1.96 bits per heavy atom. The largest absolute Gasteiger partial charge is 0.356 e. The van der Waals surface area contributed by atoms with E-state index >= 15 is 0 Å². The summed E-state index contributed by atoms with van der Waals surface area (Å²) in [7, 11) is 1.77. The molecule has 3 N–H and O–H groups in total. The molecule has 2 aliphatic rings. The van der Waals surface area contributed by atoms with Crippen LogP contribution in [0.1, 0.15) is 64.2 Å². The van der Waals surface area contributed by atoms with Crippen LogP contribution in [0.25, 0.3) is 0 Å². The van der Waals surface area contributed by atoms with Gasteiger partial charge in [0.1, 0.15) is 0 Å². The van der Waals surface area contributed by atoms with Crippen molar-refractivity contribution in [3.8, 4) is 0 Å². The Kier molecular flexibility index (Phi) is 7.98. The molecule has 0 aromatic rings. The second kappa shape index (κ2) is 10.3. The molecular formula is C18H32N4O. The maximum absolute atomic E-state index is 11.9. The highest BCUT2D eigenvalue weighted by Crippen LogP contribution is 2.19. The molecule has 1 saturated carbocycles. The van der Waals surface area contributed by atoms with Crippen molar-refractivity contribution in [2.45, 2.75) is 70.3 Å². The summed E-state index contributed by atoms with van der Waals surface area (Å²) in [4.78, 5) is 16.1. The van der Waals surface area contributed by atoms with Crippen molar-refractivity contribution < 1.29 is 4.79 Å². The number of nitrogens with zero attached hydrogens (tertiary/aromatic N) is 1. The molecule has 1 amide bonds. The topological polar surface area (TPSA) is 65.5 Å². The van der Waals surface area contributed by atoms with Gasteiger partial charge in [-0.25, -0.2) is 0 Å². The Balaban J connectivity index is 1.55. The molecule has 5 heteroatoms. The van der Waals surface area contributed by atoms with E-state index < -0.39 is 0 Å². The molecule has 1 fully saturated rings. The lowest BCUT2D eigenvalue weighted by Crippen LogP contribution is -2.40. The predicted octanol–water partition coefficient (Wildman–Crippen LogP) is 2.49. The van der Waals surface area contributed by atoms with Gasteiger partial charge in [0.05, 0.1) is 0 Å². The number of hydrogen-bond donors (Lipinski definition) is 3. The molecule has 23 heavy (non-hydrogen) atoms. The molecule has 2 rings (SSSR count). The Morgan fingerprint density at radius 1 is 1.17 bits per heavy atom. The molecule has 0 bridgehead atoms. The quantitative estimate of drug-likeness (QED) is 0.383. The fraction of sp³-hybridized carbons (Fsp3) is 0.778. The molecule has 130 valence electrons. The summed E-state index contributed by atoms with van der Waals surface area (Å²) in [5.41, 5.74) is 1.56. The number of allylic oxidation sites excluding steroid dienone is 1. The number of hydrogen-bond acceptors (Lipinski definition) is 2. The smallest absolute Gasteiger partial charge is 0.221 e. The lowest BCUT2D eigenvalue weighted by molar-refractivity contribution is -0.121. The van der Waals surface area contributed by atoms with Crippen LogP contribution in [-0.4, -0.2) is 38.0 Å². The fourth-order valence-corrected chi connectivity index (χ4v) is 3.36. The second-order valence-electron chi connectivity index (χ2n) is 6.58. The average Bonchev–Trinajstić information content (AvgIpc) is 3.07. The van der Waals surface area contributed by atoms with Crippen molar-refractivity contribution in [3.05, 3.63) is 11.6 Å². The maximum atomic E-state index is 11.9. The third-order valence-electron chi connectivity index (χ3n) is 4.71. The zero-order valence-electron chi connectivity index (χ0n) is 14.5. The summed E-state index contributed by atoms with van der Waals surface area (Å²) >= 11 is 0. The van der Waals surface area contributed by atoms with Crippen molar-refractivity contribution in [1.29, 1.82) is 0 Å². The van der Waals surface area contributed by atoms with Crippen LogP contribution in [0, 0.1) is 0 Å². The Labute approximate surface area is 140 Å².